The van der Waals surface area contributed by atoms with E-state index in [1.807, 2.05) is 18.2 Å². The molecule has 0 saturated carbocycles. The fraction of sp³-hybridized carbons (Fsp3) is 0.481. The van der Waals surface area contributed by atoms with Gasteiger partial charge in [0.1, 0.15) is 5.75 Å². The molecule has 1 aliphatic rings. The summed E-state index contributed by atoms with van der Waals surface area (Å²) in [5.74, 6) is 3.49. The molecule has 0 aliphatic heterocycles. The average molecular weight is 550 g/mol. The summed E-state index contributed by atoms with van der Waals surface area (Å²) in [6.07, 6.45) is 2.82. The first-order valence-corrected chi connectivity index (χ1v) is 15.3. The molecule has 0 unspecified atom stereocenters. The van der Waals surface area contributed by atoms with Crippen LogP contribution < -0.4 is 23.4 Å². The molecular weight excluding hydrogens is 512 g/mol. The lowest BCUT2D eigenvalue weighted by Crippen LogP contribution is -2.44. The Bertz CT molecular complexity index is 1060. The zero-order valence-electron chi connectivity index (χ0n) is 21.8. The second-order valence-corrected chi connectivity index (χ2v) is 15.7. The Balaban J connectivity index is 2.27. The SMILES string of the molecule is COc1cc(C2=C(Br)CCCc3c2ccc(OC)c3O[Si](C)(C)C(C)(C)C)cc(OC)c1OC. The van der Waals surface area contributed by atoms with Crippen molar-refractivity contribution in [2.45, 2.75) is 58.2 Å². The molecule has 0 saturated heterocycles. The van der Waals surface area contributed by atoms with Gasteiger partial charge in [0.2, 0.25) is 5.75 Å². The maximum Gasteiger partial charge on any atom is 0.250 e. The van der Waals surface area contributed by atoms with Crippen LogP contribution in [-0.2, 0) is 6.42 Å². The van der Waals surface area contributed by atoms with E-state index >= 15 is 0 Å². The van der Waals surface area contributed by atoms with Crippen LogP contribution in [0.1, 0.15) is 50.3 Å². The number of ether oxygens (including phenoxy) is 4. The number of hydrogen-bond donors (Lipinski definition) is 0. The molecule has 34 heavy (non-hydrogen) atoms. The van der Waals surface area contributed by atoms with Gasteiger partial charge in [-0.05, 0) is 72.3 Å². The highest BCUT2D eigenvalue weighted by Crippen LogP contribution is 2.49. The van der Waals surface area contributed by atoms with E-state index in [0.717, 1.165) is 51.9 Å². The normalized spacial score (nSPS) is 14.3. The molecule has 0 atom stereocenters. The molecule has 2 aromatic rings. The summed E-state index contributed by atoms with van der Waals surface area (Å²) in [5, 5.41) is 0.0709. The van der Waals surface area contributed by atoms with Crippen molar-refractivity contribution in [2.24, 2.45) is 0 Å². The lowest BCUT2D eigenvalue weighted by molar-refractivity contribution is 0.324. The zero-order valence-corrected chi connectivity index (χ0v) is 24.4. The maximum atomic E-state index is 6.89. The lowest BCUT2D eigenvalue weighted by atomic mass is 9.92. The summed E-state index contributed by atoms with van der Waals surface area (Å²) in [4.78, 5) is 0. The van der Waals surface area contributed by atoms with Gasteiger partial charge in [-0.2, -0.15) is 0 Å². The third kappa shape index (κ3) is 4.96. The molecule has 3 rings (SSSR count). The number of hydrogen-bond acceptors (Lipinski definition) is 5. The largest absolute Gasteiger partial charge is 0.541 e. The minimum Gasteiger partial charge on any atom is -0.541 e. The van der Waals surface area contributed by atoms with Crippen molar-refractivity contribution in [3.8, 4) is 28.7 Å². The van der Waals surface area contributed by atoms with E-state index in [0.29, 0.717) is 17.2 Å². The Kier molecular flexibility index (Phi) is 7.98. The Morgan fingerprint density at radius 1 is 0.794 bits per heavy atom. The van der Waals surface area contributed by atoms with Gasteiger partial charge in [0.25, 0.3) is 8.32 Å². The van der Waals surface area contributed by atoms with Crippen molar-refractivity contribution in [1.82, 2.24) is 0 Å². The van der Waals surface area contributed by atoms with Crippen LogP contribution in [0.25, 0.3) is 5.57 Å². The molecule has 0 amide bonds. The van der Waals surface area contributed by atoms with Gasteiger partial charge in [0.05, 0.1) is 28.4 Å². The van der Waals surface area contributed by atoms with E-state index in [-0.39, 0.29) is 5.04 Å². The minimum absolute atomic E-state index is 0.0709. The van der Waals surface area contributed by atoms with E-state index in [1.165, 1.54) is 5.56 Å². The van der Waals surface area contributed by atoms with Crippen LogP contribution in [-0.4, -0.2) is 36.8 Å². The van der Waals surface area contributed by atoms with Gasteiger partial charge in [-0.15, -0.1) is 0 Å². The number of halogens is 1. The summed E-state index contributed by atoms with van der Waals surface area (Å²) in [5.41, 5.74) is 4.41. The van der Waals surface area contributed by atoms with Crippen LogP contribution in [0, 0.1) is 0 Å². The molecule has 1 aliphatic carbocycles. The average Bonchev–Trinajstić information content (AvgIpc) is 2.95. The van der Waals surface area contributed by atoms with Crippen molar-refractivity contribution in [1.29, 1.82) is 0 Å². The monoisotopic (exact) mass is 548 g/mol. The first-order valence-electron chi connectivity index (χ1n) is 11.6. The summed E-state index contributed by atoms with van der Waals surface area (Å²) in [7, 11) is 4.52. The van der Waals surface area contributed by atoms with Crippen LogP contribution in [0.5, 0.6) is 28.7 Å². The van der Waals surface area contributed by atoms with Crippen molar-refractivity contribution in [2.75, 3.05) is 28.4 Å². The van der Waals surface area contributed by atoms with Crippen molar-refractivity contribution in [3.05, 3.63) is 45.4 Å². The fourth-order valence-electron chi connectivity index (χ4n) is 4.00. The molecule has 5 nitrogen and oxygen atoms in total. The second kappa shape index (κ2) is 10.2. The van der Waals surface area contributed by atoms with Gasteiger partial charge in [-0.25, -0.2) is 0 Å². The van der Waals surface area contributed by atoms with E-state index < -0.39 is 8.32 Å². The molecule has 0 radical (unpaired) electrons. The van der Waals surface area contributed by atoms with E-state index in [1.54, 1.807) is 28.4 Å². The highest BCUT2D eigenvalue weighted by atomic mass is 79.9. The number of rotatable bonds is 7. The Labute approximate surface area is 213 Å². The number of fused-ring (bicyclic) bond motifs is 1. The number of methoxy groups -OCH3 is 4. The number of benzene rings is 2. The zero-order chi connectivity index (χ0) is 25.3. The molecule has 186 valence electrons. The van der Waals surface area contributed by atoms with Gasteiger partial charge in [0.15, 0.2) is 17.2 Å². The molecule has 0 spiro atoms. The molecule has 7 heteroatoms. The molecule has 0 aromatic heterocycles. The first kappa shape index (κ1) is 26.5. The fourth-order valence-corrected chi connectivity index (χ4v) is 5.76. The van der Waals surface area contributed by atoms with Crippen molar-refractivity contribution < 1.29 is 23.4 Å². The van der Waals surface area contributed by atoms with Crippen molar-refractivity contribution in [3.63, 3.8) is 0 Å². The highest BCUT2D eigenvalue weighted by molar-refractivity contribution is 9.11. The smallest absolute Gasteiger partial charge is 0.250 e. The molecule has 0 N–H and O–H groups in total. The van der Waals surface area contributed by atoms with Crippen LogP contribution in [0.4, 0.5) is 0 Å². The Morgan fingerprint density at radius 2 is 1.38 bits per heavy atom. The Morgan fingerprint density at radius 3 is 1.88 bits per heavy atom. The predicted octanol–water partition coefficient (Wildman–Crippen LogP) is 7.60. The molecule has 0 bridgehead atoms. The van der Waals surface area contributed by atoms with E-state index in [2.05, 4.69) is 55.9 Å². The molecular formula is C27H37BrO5Si. The highest BCUT2D eigenvalue weighted by Gasteiger charge is 2.40. The molecule has 2 aromatic carbocycles. The quantitative estimate of drug-likeness (QED) is 0.333. The van der Waals surface area contributed by atoms with Gasteiger partial charge in [0, 0.05) is 10.0 Å². The van der Waals surface area contributed by atoms with Gasteiger partial charge >= 0.3 is 0 Å². The standard InChI is InChI=1S/C27H37BrO5Si/c1-27(2,3)34(8,9)33-25-19-11-10-12-20(28)24(18(19)13-14-21(25)29-4)17-15-22(30-5)26(32-7)23(16-17)31-6/h13-16H,10-12H2,1-9H3. The predicted molar refractivity (Wildman–Crippen MR) is 145 cm³/mol. The lowest BCUT2D eigenvalue weighted by Gasteiger charge is -2.37. The summed E-state index contributed by atoms with van der Waals surface area (Å²) < 4.78 is 30.7. The molecule has 0 fully saturated rings. The number of allylic oxidation sites excluding steroid dienone is 1. The second-order valence-electron chi connectivity index (χ2n) is 10.0. The summed E-state index contributed by atoms with van der Waals surface area (Å²) in [6.45, 7) is 11.3. The van der Waals surface area contributed by atoms with Crippen LogP contribution in [0.15, 0.2) is 28.7 Å². The topological polar surface area (TPSA) is 46.2 Å². The summed E-state index contributed by atoms with van der Waals surface area (Å²) >= 11 is 3.90. The van der Waals surface area contributed by atoms with Gasteiger partial charge < -0.3 is 23.4 Å². The van der Waals surface area contributed by atoms with E-state index in [9.17, 15) is 0 Å². The summed E-state index contributed by atoms with van der Waals surface area (Å²) in [6, 6.07) is 8.17. The van der Waals surface area contributed by atoms with Crippen LogP contribution in [0.2, 0.25) is 18.1 Å². The van der Waals surface area contributed by atoms with Crippen LogP contribution in [0.3, 0.4) is 0 Å². The first-order chi connectivity index (χ1) is 16.0. The van der Waals surface area contributed by atoms with Crippen LogP contribution >= 0.6 is 15.9 Å². The van der Waals surface area contributed by atoms with Crippen molar-refractivity contribution >= 4 is 29.8 Å². The third-order valence-corrected chi connectivity index (χ3v) is 12.0. The molecule has 0 heterocycles. The maximum absolute atomic E-state index is 6.89. The third-order valence-electron chi connectivity index (χ3n) is 6.92. The Hall–Kier alpha value is -2.12. The van der Waals surface area contributed by atoms with E-state index in [4.69, 9.17) is 23.4 Å². The minimum atomic E-state index is -2.09. The van der Waals surface area contributed by atoms with Gasteiger partial charge in [-0.1, -0.05) is 42.8 Å². The van der Waals surface area contributed by atoms with Gasteiger partial charge in [-0.3, -0.25) is 0 Å².